The molecule has 0 unspecified atom stereocenters. The SMILES string of the molecule is CCn1ncnc1COc1cccc(N)c1. The number of hydrogen-bond donors (Lipinski definition) is 1. The summed E-state index contributed by atoms with van der Waals surface area (Å²) in [6.07, 6.45) is 1.53. The molecule has 0 aliphatic heterocycles. The number of ether oxygens (including phenoxy) is 1. The first-order valence-electron chi connectivity index (χ1n) is 5.14. The number of nitrogens with two attached hydrogens (primary N) is 1. The molecule has 5 nitrogen and oxygen atoms in total. The molecule has 0 amide bonds. The molecule has 16 heavy (non-hydrogen) atoms. The van der Waals surface area contributed by atoms with Crippen molar-refractivity contribution < 1.29 is 4.74 Å². The number of aromatic nitrogens is 3. The quantitative estimate of drug-likeness (QED) is 0.789. The summed E-state index contributed by atoms with van der Waals surface area (Å²) in [5, 5.41) is 4.07. The summed E-state index contributed by atoms with van der Waals surface area (Å²) < 4.78 is 7.37. The van der Waals surface area contributed by atoms with Crippen molar-refractivity contribution in [3.05, 3.63) is 36.4 Å². The summed E-state index contributed by atoms with van der Waals surface area (Å²) in [4.78, 5) is 4.12. The Kier molecular flexibility index (Phi) is 3.05. The third-order valence-corrected chi connectivity index (χ3v) is 2.22. The lowest BCUT2D eigenvalue weighted by Crippen LogP contribution is -2.07. The minimum Gasteiger partial charge on any atom is -0.486 e. The zero-order valence-electron chi connectivity index (χ0n) is 9.13. The van der Waals surface area contributed by atoms with Crippen LogP contribution in [0.5, 0.6) is 5.75 Å². The van der Waals surface area contributed by atoms with E-state index in [0.717, 1.165) is 18.1 Å². The second-order valence-corrected chi connectivity index (χ2v) is 3.35. The van der Waals surface area contributed by atoms with E-state index < -0.39 is 0 Å². The van der Waals surface area contributed by atoms with Crippen molar-refractivity contribution in [3.8, 4) is 5.75 Å². The Bertz CT molecular complexity index is 467. The minimum absolute atomic E-state index is 0.400. The number of anilines is 1. The van der Waals surface area contributed by atoms with Gasteiger partial charge >= 0.3 is 0 Å². The molecule has 1 heterocycles. The van der Waals surface area contributed by atoms with Crippen LogP contribution in [0.2, 0.25) is 0 Å². The molecular weight excluding hydrogens is 204 g/mol. The van der Waals surface area contributed by atoms with Gasteiger partial charge < -0.3 is 10.5 Å². The third kappa shape index (κ3) is 2.31. The van der Waals surface area contributed by atoms with Gasteiger partial charge in [-0.15, -0.1) is 0 Å². The van der Waals surface area contributed by atoms with Crippen molar-refractivity contribution in [1.29, 1.82) is 0 Å². The number of rotatable bonds is 4. The monoisotopic (exact) mass is 218 g/mol. The molecule has 0 aliphatic rings. The van der Waals surface area contributed by atoms with E-state index in [1.165, 1.54) is 6.33 Å². The van der Waals surface area contributed by atoms with Gasteiger partial charge in [0.1, 0.15) is 18.7 Å². The molecule has 0 saturated carbocycles. The molecule has 1 aromatic heterocycles. The highest BCUT2D eigenvalue weighted by atomic mass is 16.5. The van der Waals surface area contributed by atoms with E-state index in [9.17, 15) is 0 Å². The molecule has 0 bridgehead atoms. The van der Waals surface area contributed by atoms with Gasteiger partial charge in [-0.25, -0.2) is 9.67 Å². The van der Waals surface area contributed by atoms with E-state index >= 15 is 0 Å². The van der Waals surface area contributed by atoms with E-state index in [1.807, 2.05) is 25.1 Å². The Balaban J connectivity index is 2.02. The van der Waals surface area contributed by atoms with Gasteiger partial charge in [-0.3, -0.25) is 0 Å². The zero-order valence-corrected chi connectivity index (χ0v) is 9.13. The van der Waals surface area contributed by atoms with Crippen LogP contribution in [0.15, 0.2) is 30.6 Å². The average molecular weight is 218 g/mol. The standard InChI is InChI=1S/C11H14N4O/c1-2-15-11(13-8-14-15)7-16-10-5-3-4-9(12)6-10/h3-6,8H,2,7,12H2,1H3. The fourth-order valence-electron chi connectivity index (χ4n) is 1.42. The number of benzene rings is 1. The van der Waals surface area contributed by atoms with Crippen molar-refractivity contribution in [2.24, 2.45) is 0 Å². The van der Waals surface area contributed by atoms with Crippen molar-refractivity contribution in [2.45, 2.75) is 20.1 Å². The predicted molar refractivity (Wildman–Crippen MR) is 60.9 cm³/mol. The van der Waals surface area contributed by atoms with Gasteiger partial charge in [0.25, 0.3) is 0 Å². The Hall–Kier alpha value is -2.04. The fraction of sp³-hybridized carbons (Fsp3) is 0.273. The van der Waals surface area contributed by atoms with Crippen LogP contribution in [0.3, 0.4) is 0 Å². The summed E-state index contributed by atoms with van der Waals surface area (Å²) in [7, 11) is 0. The molecule has 1 aromatic carbocycles. The molecule has 2 N–H and O–H groups in total. The number of nitrogen functional groups attached to an aromatic ring is 1. The minimum atomic E-state index is 0.400. The summed E-state index contributed by atoms with van der Waals surface area (Å²) in [5.41, 5.74) is 6.34. The highest BCUT2D eigenvalue weighted by Crippen LogP contribution is 2.15. The van der Waals surface area contributed by atoms with Crippen molar-refractivity contribution in [3.63, 3.8) is 0 Å². The summed E-state index contributed by atoms with van der Waals surface area (Å²) in [5.74, 6) is 1.55. The average Bonchev–Trinajstić information content (AvgIpc) is 2.74. The Morgan fingerprint density at radius 1 is 1.44 bits per heavy atom. The van der Waals surface area contributed by atoms with Gasteiger partial charge in [0.05, 0.1) is 0 Å². The molecule has 0 radical (unpaired) electrons. The lowest BCUT2D eigenvalue weighted by molar-refractivity contribution is 0.287. The van der Waals surface area contributed by atoms with Crippen molar-refractivity contribution >= 4 is 5.69 Å². The highest BCUT2D eigenvalue weighted by molar-refractivity contribution is 5.43. The smallest absolute Gasteiger partial charge is 0.164 e. The van der Waals surface area contributed by atoms with Crippen LogP contribution in [0.25, 0.3) is 0 Å². The molecule has 0 spiro atoms. The number of nitrogens with zero attached hydrogens (tertiary/aromatic N) is 3. The van der Waals surface area contributed by atoms with E-state index in [2.05, 4.69) is 10.1 Å². The first-order valence-corrected chi connectivity index (χ1v) is 5.14. The summed E-state index contributed by atoms with van der Waals surface area (Å²) in [6.45, 7) is 3.20. The van der Waals surface area contributed by atoms with Crippen LogP contribution in [0.1, 0.15) is 12.7 Å². The van der Waals surface area contributed by atoms with Crippen LogP contribution < -0.4 is 10.5 Å². The largest absolute Gasteiger partial charge is 0.486 e. The van der Waals surface area contributed by atoms with E-state index in [0.29, 0.717) is 12.3 Å². The van der Waals surface area contributed by atoms with Crippen molar-refractivity contribution in [1.82, 2.24) is 14.8 Å². The van der Waals surface area contributed by atoms with Crippen LogP contribution in [-0.4, -0.2) is 14.8 Å². The first-order chi connectivity index (χ1) is 7.79. The summed E-state index contributed by atoms with van der Waals surface area (Å²) >= 11 is 0. The van der Waals surface area contributed by atoms with Gasteiger partial charge in [-0.05, 0) is 19.1 Å². The molecular formula is C11H14N4O. The van der Waals surface area contributed by atoms with Crippen LogP contribution >= 0.6 is 0 Å². The second kappa shape index (κ2) is 4.65. The van der Waals surface area contributed by atoms with Gasteiger partial charge in [-0.2, -0.15) is 5.10 Å². The van der Waals surface area contributed by atoms with E-state index in [-0.39, 0.29) is 0 Å². The fourth-order valence-corrected chi connectivity index (χ4v) is 1.42. The van der Waals surface area contributed by atoms with Gasteiger partial charge in [0.2, 0.25) is 0 Å². The van der Waals surface area contributed by atoms with Crippen LogP contribution in [0.4, 0.5) is 5.69 Å². The van der Waals surface area contributed by atoms with Gasteiger partial charge in [0.15, 0.2) is 5.82 Å². The second-order valence-electron chi connectivity index (χ2n) is 3.35. The normalized spacial score (nSPS) is 10.3. The zero-order chi connectivity index (χ0) is 11.4. The molecule has 5 heteroatoms. The first kappa shape index (κ1) is 10.5. The maximum atomic E-state index is 5.65. The molecule has 84 valence electrons. The Morgan fingerprint density at radius 2 is 2.31 bits per heavy atom. The van der Waals surface area contributed by atoms with E-state index in [1.54, 1.807) is 10.7 Å². The maximum absolute atomic E-state index is 5.65. The molecule has 0 aliphatic carbocycles. The topological polar surface area (TPSA) is 66.0 Å². The lowest BCUT2D eigenvalue weighted by Gasteiger charge is -2.06. The van der Waals surface area contributed by atoms with Gasteiger partial charge in [-0.1, -0.05) is 6.07 Å². The van der Waals surface area contributed by atoms with Crippen molar-refractivity contribution in [2.75, 3.05) is 5.73 Å². The molecule has 2 rings (SSSR count). The molecule has 0 atom stereocenters. The highest BCUT2D eigenvalue weighted by Gasteiger charge is 2.03. The third-order valence-electron chi connectivity index (χ3n) is 2.22. The Labute approximate surface area is 93.9 Å². The lowest BCUT2D eigenvalue weighted by atomic mass is 10.3. The maximum Gasteiger partial charge on any atom is 0.164 e. The van der Waals surface area contributed by atoms with Crippen LogP contribution in [0, 0.1) is 0 Å². The van der Waals surface area contributed by atoms with Gasteiger partial charge in [0, 0.05) is 18.3 Å². The predicted octanol–water partition coefficient (Wildman–Crippen LogP) is 1.46. The number of aryl methyl sites for hydroxylation is 1. The number of hydrogen-bond acceptors (Lipinski definition) is 4. The van der Waals surface area contributed by atoms with Crippen LogP contribution in [-0.2, 0) is 13.2 Å². The summed E-state index contributed by atoms with van der Waals surface area (Å²) in [6, 6.07) is 7.33. The molecule has 2 aromatic rings. The molecule has 0 fully saturated rings. The Morgan fingerprint density at radius 3 is 3.06 bits per heavy atom. The molecule has 0 saturated heterocycles. The van der Waals surface area contributed by atoms with E-state index in [4.69, 9.17) is 10.5 Å².